The SMILES string of the molecule is CCOc1cc(OS(=O)(=O)O)nc(N)[n+]1N. The quantitative estimate of drug-likeness (QED) is 0.325. The van der Waals surface area contributed by atoms with Crippen LogP contribution in [0, 0.1) is 0 Å². The van der Waals surface area contributed by atoms with E-state index in [1.165, 1.54) is 0 Å². The van der Waals surface area contributed by atoms with Crippen LogP contribution in [-0.4, -0.2) is 24.6 Å². The van der Waals surface area contributed by atoms with Gasteiger partial charge in [0.05, 0.1) is 12.7 Å². The van der Waals surface area contributed by atoms with Gasteiger partial charge in [-0.15, -0.1) is 4.68 Å². The summed E-state index contributed by atoms with van der Waals surface area (Å²) in [6, 6.07) is 1.08. The average Bonchev–Trinajstić information content (AvgIpc) is 2.11. The highest BCUT2D eigenvalue weighted by Gasteiger charge is 2.19. The second-order valence-corrected chi connectivity index (χ2v) is 3.63. The third-order valence-electron chi connectivity index (χ3n) is 1.44. The van der Waals surface area contributed by atoms with Crippen molar-refractivity contribution in [3.63, 3.8) is 0 Å². The van der Waals surface area contributed by atoms with Crippen LogP contribution in [0.15, 0.2) is 6.07 Å². The number of rotatable bonds is 4. The van der Waals surface area contributed by atoms with Gasteiger partial charge in [-0.1, -0.05) is 0 Å². The summed E-state index contributed by atoms with van der Waals surface area (Å²) in [6.45, 7) is 1.98. The molecule has 0 radical (unpaired) electrons. The number of anilines is 1. The third-order valence-corrected chi connectivity index (χ3v) is 1.82. The molecule has 0 bridgehead atoms. The Labute approximate surface area is 91.5 Å². The van der Waals surface area contributed by atoms with Gasteiger partial charge in [0.15, 0.2) is 0 Å². The molecule has 90 valence electrons. The maximum Gasteiger partial charge on any atom is 0.449 e. The Hall–Kier alpha value is -1.81. The van der Waals surface area contributed by atoms with Crippen molar-refractivity contribution in [1.29, 1.82) is 0 Å². The molecular formula is C6H11N4O5S+. The normalized spacial score (nSPS) is 11.1. The molecule has 0 atom stereocenters. The Bertz CT molecular complexity index is 488. The number of hydrogen-bond donors (Lipinski definition) is 3. The van der Waals surface area contributed by atoms with E-state index >= 15 is 0 Å². The Kier molecular flexibility index (Phi) is 3.34. The summed E-state index contributed by atoms with van der Waals surface area (Å²) in [5.41, 5.74) is 5.36. The van der Waals surface area contributed by atoms with Gasteiger partial charge in [-0.3, -0.25) is 16.1 Å². The molecule has 0 aliphatic heterocycles. The zero-order chi connectivity index (χ0) is 12.3. The lowest BCUT2D eigenvalue weighted by atomic mass is 10.6. The Morgan fingerprint density at radius 1 is 1.62 bits per heavy atom. The smallest absolute Gasteiger partial charge is 0.449 e. The van der Waals surface area contributed by atoms with Crippen molar-refractivity contribution in [2.45, 2.75) is 6.92 Å². The zero-order valence-corrected chi connectivity index (χ0v) is 9.14. The van der Waals surface area contributed by atoms with Gasteiger partial charge in [-0.25, -0.2) is 0 Å². The van der Waals surface area contributed by atoms with Gasteiger partial charge in [0, 0.05) is 0 Å². The summed E-state index contributed by atoms with van der Waals surface area (Å²) in [5, 5.41) is 0. The Morgan fingerprint density at radius 2 is 2.25 bits per heavy atom. The van der Waals surface area contributed by atoms with Gasteiger partial charge in [-0.2, -0.15) is 8.42 Å². The molecule has 9 nitrogen and oxygen atoms in total. The van der Waals surface area contributed by atoms with Crippen molar-refractivity contribution in [3.8, 4) is 11.8 Å². The molecule has 10 heteroatoms. The highest BCUT2D eigenvalue weighted by Crippen LogP contribution is 2.15. The van der Waals surface area contributed by atoms with Gasteiger partial charge < -0.3 is 8.92 Å². The lowest BCUT2D eigenvalue weighted by Crippen LogP contribution is -2.49. The summed E-state index contributed by atoms with van der Waals surface area (Å²) in [6.07, 6.45) is 0. The summed E-state index contributed by atoms with van der Waals surface area (Å²) >= 11 is 0. The fourth-order valence-corrected chi connectivity index (χ4v) is 1.20. The van der Waals surface area contributed by atoms with Crippen LogP contribution in [0.3, 0.4) is 0 Å². The van der Waals surface area contributed by atoms with Gasteiger partial charge in [0.25, 0.3) is 5.88 Å². The summed E-state index contributed by atoms with van der Waals surface area (Å²) < 4.78 is 39.4. The van der Waals surface area contributed by atoms with Crippen LogP contribution in [-0.2, 0) is 10.4 Å². The molecule has 0 fully saturated rings. The predicted molar refractivity (Wildman–Crippen MR) is 52.3 cm³/mol. The van der Waals surface area contributed by atoms with E-state index in [4.69, 9.17) is 20.9 Å². The molecule has 0 aliphatic carbocycles. The summed E-state index contributed by atoms with van der Waals surface area (Å²) in [5.74, 6) is 4.82. The van der Waals surface area contributed by atoms with Crippen LogP contribution in [0.2, 0.25) is 0 Å². The second-order valence-electron chi connectivity index (χ2n) is 2.60. The number of nitrogen functional groups attached to an aromatic ring is 2. The first-order chi connectivity index (χ1) is 7.33. The lowest BCUT2D eigenvalue weighted by molar-refractivity contribution is -0.633. The summed E-state index contributed by atoms with van der Waals surface area (Å²) in [7, 11) is -4.66. The lowest BCUT2D eigenvalue weighted by Gasteiger charge is -2.05. The molecule has 0 saturated carbocycles. The van der Waals surface area contributed by atoms with E-state index in [0.717, 1.165) is 10.7 Å². The van der Waals surface area contributed by atoms with Crippen LogP contribution in [0.5, 0.6) is 11.8 Å². The minimum atomic E-state index is -4.66. The van der Waals surface area contributed by atoms with Gasteiger partial charge in [-0.05, 0) is 11.9 Å². The van der Waals surface area contributed by atoms with Crippen molar-refractivity contribution in [1.82, 2.24) is 4.98 Å². The van der Waals surface area contributed by atoms with E-state index in [1.807, 2.05) is 0 Å². The van der Waals surface area contributed by atoms with Crippen LogP contribution >= 0.6 is 0 Å². The topological polar surface area (TPSA) is 142 Å². The number of aromatic nitrogens is 2. The van der Waals surface area contributed by atoms with E-state index in [1.54, 1.807) is 6.92 Å². The van der Waals surface area contributed by atoms with Crippen molar-refractivity contribution in [2.75, 3.05) is 18.2 Å². The first-order valence-corrected chi connectivity index (χ1v) is 5.47. The molecule has 1 heterocycles. The maximum absolute atomic E-state index is 10.4. The minimum Gasteiger partial charge on any atom is -0.467 e. The highest BCUT2D eigenvalue weighted by atomic mass is 32.3. The number of nitrogens with zero attached hydrogens (tertiary/aromatic N) is 2. The Morgan fingerprint density at radius 3 is 2.75 bits per heavy atom. The molecule has 5 N–H and O–H groups in total. The third kappa shape index (κ3) is 3.10. The van der Waals surface area contributed by atoms with Crippen molar-refractivity contribution < 1.29 is 26.6 Å². The van der Waals surface area contributed by atoms with Crippen molar-refractivity contribution >= 4 is 16.3 Å². The fraction of sp³-hybridized carbons (Fsp3) is 0.333. The van der Waals surface area contributed by atoms with E-state index in [2.05, 4.69) is 9.17 Å². The van der Waals surface area contributed by atoms with E-state index in [-0.39, 0.29) is 18.4 Å². The van der Waals surface area contributed by atoms with Gasteiger partial charge >= 0.3 is 22.2 Å². The molecule has 0 unspecified atom stereocenters. The number of hydrogen-bond acceptors (Lipinski definition) is 7. The first-order valence-electron chi connectivity index (χ1n) is 4.11. The van der Waals surface area contributed by atoms with E-state index in [9.17, 15) is 8.42 Å². The monoisotopic (exact) mass is 251 g/mol. The molecule has 1 aromatic rings. The summed E-state index contributed by atoms with van der Waals surface area (Å²) in [4.78, 5) is 3.48. The van der Waals surface area contributed by atoms with Crippen LogP contribution < -0.4 is 25.2 Å². The molecule has 1 aromatic heterocycles. The van der Waals surface area contributed by atoms with Crippen LogP contribution in [0.1, 0.15) is 6.92 Å². The predicted octanol–water partition coefficient (Wildman–Crippen LogP) is -1.75. The maximum atomic E-state index is 10.4. The molecule has 0 spiro atoms. The number of ether oxygens (including phenoxy) is 1. The van der Waals surface area contributed by atoms with Gasteiger partial charge in [0.1, 0.15) is 0 Å². The van der Waals surface area contributed by atoms with E-state index in [0.29, 0.717) is 0 Å². The Balaban J connectivity index is 3.13. The van der Waals surface area contributed by atoms with Gasteiger partial charge in [0.2, 0.25) is 0 Å². The molecule has 0 saturated heterocycles. The standard InChI is InChI=1S/C6H10N4O5S/c1-2-14-5-3-4(15-16(11,12)13)9-6(7)10(5)8/h3,7H,2,8H2,1H3,(H,11,12,13)/p+1. The second kappa shape index (κ2) is 4.37. The number of nitrogens with two attached hydrogens (primary N) is 2. The minimum absolute atomic E-state index is 0.0497. The molecule has 16 heavy (non-hydrogen) atoms. The van der Waals surface area contributed by atoms with Crippen LogP contribution in [0.4, 0.5) is 5.95 Å². The average molecular weight is 251 g/mol. The van der Waals surface area contributed by atoms with Crippen molar-refractivity contribution in [3.05, 3.63) is 6.07 Å². The molecule has 0 aromatic carbocycles. The molecule has 0 amide bonds. The largest absolute Gasteiger partial charge is 0.467 e. The first kappa shape index (κ1) is 12.3. The fourth-order valence-electron chi connectivity index (χ4n) is 0.897. The molecule has 1 rings (SSSR count). The molecule has 0 aliphatic rings. The zero-order valence-electron chi connectivity index (χ0n) is 8.32. The highest BCUT2D eigenvalue weighted by molar-refractivity contribution is 7.81. The van der Waals surface area contributed by atoms with Crippen LogP contribution in [0.25, 0.3) is 0 Å². The molecular weight excluding hydrogens is 240 g/mol. The van der Waals surface area contributed by atoms with E-state index < -0.39 is 16.3 Å². The van der Waals surface area contributed by atoms with Crippen molar-refractivity contribution in [2.24, 2.45) is 0 Å².